The minimum absolute atomic E-state index is 0.0348. The minimum atomic E-state index is -0.0348. The normalized spacial score (nSPS) is 14.4. The van der Waals surface area contributed by atoms with E-state index in [-0.39, 0.29) is 11.8 Å². The summed E-state index contributed by atoms with van der Waals surface area (Å²) in [5, 5.41) is 1.07. The van der Waals surface area contributed by atoms with Gasteiger partial charge in [-0.05, 0) is 36.6 Å². The van der Waals surface area contributed by atoms with E-state index in [0.29, 0.717) is 38.3 Å². The molecule has 2 aromatic carbocycles. The molecule has 1 aliphatic heterocycles. The zero-order chi connectivity index (χ0) is 19.3. The number of rotatable bonds is 5. The Kier molecular flexibility index (Phi) is 5.53. The van der Waals surface area contributed by atoms with Crippen LogP contribution >= 0.6 is 0 Å². The Bertz CT molecular complexity index is 972. The molecule has 0 radical (unpaired) electrons. The summed E-state index contributed by atoms with van der Waals surface area (Å²) in [6, 6.07) is 17.3. The van der Waals surface area contributed by atoms with Gasteiger partial charge in [0.1, 0.15) is 0 Å². The second kappa shape index (κ2) is 8.40. The van der Waals surface area contributed by atoms with Gasteiger partial charge in [-0.1, -0.05) is 36.4 Å². The van der Waals surface area contributed by atoms with E-state index in [9.17, 15) is 9.59 Å². The van der Waals surface area contributed by atoms with Crippen LogP contribution in [0.25, 0.3) is 10.9 Å². The van der Waals surface area contributed by atoms with E-state index in [0.717, 1.165) is 29.3 Å². The fraction of sp³-hybridized carbons (Fsp3) is 0.304. The first-order valence-corrected chi connectivity index (χ1v) is 9.78. The Balaban J connectivity index is 1.50. The van der Waals surface area contributed by atoms with Gasteiger partial charge in [0.25, 0.3) is 5.91 Å². The molecule has 1 aliphatic rings. The van der Waals surface area contributed by atoms with Crippen LogP contribution in [0.15, 0.2) is 60.8 Å². The van der Waals surface area contributed by atoms with Gasteiger partial charge in [-0.25, -0.2) is 0 Å². The molecule has 5 nitrogen and oxygen atoms in total. The maximum Gasteiger partial charge on any atom is 0.262 e. The lowest BCUT2D eigenvalue weighted by Gasteiger charge is -2.26. The van der Waals surface area contributed by atoms with Gasteiger partial charge in [0, 0.05) is 36.7 Å². The van der Waals surface area contributed by atoms with E-state index in [1.807, 2.05) is 65.7 Å². The highest BCUT2D eigenvalue weighted by molar-refractivity contribution is 6.03. The second-order valence-corrected chi connectivity index (χ2v) is 7.06. The monoisotopic (exact) mass is 376 g/mol. The zero-order valence-electron chi connectivity index (χ0n) is 15.8. The number of nitrogens with zero attached hydrogens (tertiary/aromatic N) is 2. The van der Waals surface area contributed by atoms with Crippen molar-refractivity contribution in [2.75, 3.05) is 26.3 Å². The molecule has 1 aromatic heterocycles. The maximum absolute atomic E-state index is 13.0. The van der Waals surface area contributed by atoms with Gasteiger partial charge in [0.05, 0.1) is 18.7 Å². The van der Waals surface area contributed by atoms with Crippen molar-refractivity contribution in [3.8, 4) is 0 Å². The lowest BCUT2D eigenvalue weighted by atomic mass is 10.1. The molecule has 0 unspecified atom stereocenters. The number of hydrogen-bond donors (Lipinski definition) is 0. The van der Waals surface area contributed by atoms with Crippen LogP contribution in [-0.2, 0) is 16.0 Å². The van der Waals surface area contributed by atoms with Crippen molar-refractivity contribution in [2.45, 2.75) is 19.3 Å². The quantitative estimate of drug-likeness (QED) is 0.685. The third kappa shape index (κ3) is 3.85. The maximum atomic E-state index is 13.0. The number of ether oxygens (including phenoxy) is 1. The average Bonchev–Trinajstić information content (AvgIpc) is 3.13. The smallest absolute Gasteiger partial charge is 0.262 e. The lowest BCUT2D eigenvalue weighted by molar-refractivity contribution is -0.135. The fourth-order valence-electron chi connectivity index (χ4n) is 3.74. The zero-order valence-corrected chi connectivity index (χ0v) is 15.8. The van der Waals surface area contributed by atoms with E-state index in [4.69, 9.17) is 4.74 Å². The Morgan fingerprint density at radius 2 is 1.64 bits per heavy atom. The summed E-state index contributed by atoms with van der Waals surface area (Å²) in [7, 11) is 0. The molecular formula is C23H24N2O3. The highest BCUT2D eigenvalue weighted by Gasteiger charge is 2.18. The van der Waals surface area contributed by atoms with Gasteiger partial charge in [0.15, 0.2) is 0 Å². The van der Waals surface area contributed by atoms with Crippen molar-refractivity contribution in [1.29, 1.82) is 0 Å². The van der Waals surface area contributed by atoms with Crippen LogP contribution in [-0.4, -0.2) is 47.6 Å². The van der Waals surface area contributed by atoms with Gasteiger partial charge in [0.2, 0.25) is 5.91 Å². The first kappa shape index (κ1) is 18.4. The van der Waals surface area contributed by atoms with Crippen molar-refractivity contribution < 1.29 is 14.3 Å². The molecule has 5 heteroatoms. The van der Waals surface area contributed by atoms with Crippen LogP contribution in [0.1, 0.15) is 28.8 Å². The van der Waals surface area contributed by atoms with Crippen molar-refractivity contribution >= 4 is 22.7 Å². The number of amides is 1. The predicted octanol–water partition coefficient (Wildman–Crippen LogP) is 3.51. The SMILES string of the molecule is O=C(CCCc1cn(C(=O)c2ccccc2)c2ccccc12)N1CCOCC1. The molecule has 0 spiro atoms. The van der Waals surface area contributed by atoms with Crippen LogP contribution < -0.4 is 0 Å². The van der Waals surface area contributed by atoms with E-state index in [1.165, 1.54) is 0 Å². The topological polar surface area (TPSA) is 51.5 Å². The van der Waals surface area contributed by atoms with E-state index < -0.39 is 0 Å². The van der Waals surface area contributed by atoms with E-state index in [2.05, 4.69) is 0 Å². The predicted molar refractivity (Wildman–Crippen MR) is 108 cm³/mol. The van der Waals surface area contributed by atoms with Gasteiger partial charge < -0.3 is 9.64 Å². The number of hydrogen-bond acceptors (Lipinski definition) is 3. The molecule has 1 fully saturated rings. The second-order valence-electron chi connectivity index (χ2n) is 7.06. The number of aryl methyl sites for hydroxylation is 1. The number of aromatic nitrogens is 1. The van der Waals surface area contributed by atoms with Crippen LogP contribution in [0.3, 0.4) is 0 Å². The van der Waals surface area contributed by atoms with Gasteiger partial charge in [-0.3, -0.25) is 14.2 Å². The fourth-order valence-corrected chi connectivity index (χ4v) is 3.74. The van der Waals surface area contributed by atoms with Crippen molar-refractivity contribution in [1.82, 2.24) is 9.47 Å². The largest absolute Gasteiger partial charge is 0.378 e. The number of para-hydroxylation sites is 1. The number of carbonyl (C=O) groups is 2. The Morgan fingerprint density at radius 3 is 2.43 bits per heavy atom. The summed E-state index contributed by atoms with van der Waals surface area (Å²) >= 11 is 0. The van der Waals surface area contributed by atoms with Crippen LogP contribution in [0.4, 0.5) is 0 Å². The first-order chi connectivity index (χ1) is 13.7. The summed E-state index contributed by atoms with van der Waals surface area (Å²) in [4.78, 5) is 27.2. The molecule has 0 N–H and O–H groups in total. The molecule has 4 rings (SSSR count). The summed E-state index contributed by atoms with van der Waals surface area (Å²) in [6.45, 7) is 2.62. The lowest BCUT2D eigenvalue weighted by Crippen LogP contribution is -2.40. The molecule has 0 saturated carbocycles. The van der Waals surface area contributed by atoms with Crippen LogP contribution in [0.2, 0.25) is 0 Å². The number of morpholine rings is 1. The van der Waals surface area contributed by atoms with Gasteiger partial charge >= 0.3 is 0 Å². The molecule has 144 valence electrons. The first-order valence-electron chi connectivity index (χ1n) is 9.78. The highest BCUT2D eigenvalue weighted by atomic mass is 16.5. The summed E-state index contributed by atoms with van der Waals surface area (Å²) in [5.74, 6) is 0.153. The Hall–Kier alpha value is -2.92. The minimum Gasteiger partial charge on any atom is -0.378 e. The summed E-state index contributed by atoms with van der Waals surface area (Å²) in [5.41, 5.74) is 2.68. The average molecular weight is 376 g/mol. The van der Waals surface area contributed by atoms with Crippen molar-refractivity contribution in [3.05, 3.63) is 71.9 Å². The van der Waals surface area contributed by atoms with E-state index in [1.54, 1.807) is 4.57 Å². The Labute approximate surface area is 164 Å². The number of benzene rings is 2. The van der Waals surface area contributed by atoms with Crippen LogP contribution in [0.5, 0.6) is 0 Å². The van der Waals surface area contributed by atoms with Crippen molar-refractivity contribution in [2.24, 2.45) is 0 Å². The van der Waals surface area contributed by atoms with Gasteiger partial charge in [-0.2, -0.15) is 0 Å². The number of carbonyl (C=O) groups excluding carboxylic acids is 2. The summed E-state index contributed by atoms with van der Waals surface area (Å²) < 4.78 is 7.03. The van der Waals surface area contributed by atoms with Gasteiger partial charge in [-0.15, -0.1) is 0 Å². The molecule has 1 saturated heterocycles. The molecule has 0 atom stereocenters. The molecule has 0 aliphatic carbocycles. The molecule has 3 aromatic rings. The molecule has 2 heterocycles. The Morgan fingerprint density at radius 1 is 0.929 bits per heavy atom. The summed E-state index contributed by atoms with van der Waals surface area (Å²) in [6.07, 6.45) is 3.99. The number of fused-ring (bicyclic) bond motifs is 1. The van der Waals surface area contributed by atoms with E-state index >= 15 is 0 Å². The van der Waals surface area contributed by atoms with Crippen molar-refractivity contribution in [3.63, 3.8) is 0 Å². The third-order valence-electron chi connectivity index (χ3n) is 5.23. The highest BCUT2D eigenvalue weighted by Crippen LogP contribution is 2.24. The molecule has 28 heavy (non-hydrogen) atoms. The standard InChI is InChI=1S/C23H24N2O3/c26-22(24-13-15-28-16-14-24)12-6-9-19-17-25(21-11-5-4-10-20(19)21)23(27)18-7-2-1-3-8-18/h1-5,7-8,10-11,17H,6,9,12-16H2. The van der Waals surface area contributed by atoms with Crippen LogP contribution in [0, 0.1) is 0 Å². The molecular weight excluding hydrogens is 352 g/mol. The molecule has 1 amide bonds. The third-order valence-corrected chi connectivity index (χ3v) is 5.23. The molecule has 0 bridgehead atoms.